The van der Waals surface area contributed by atoms with E-state index < -0.39 is 0 Å². The lowest BCUT2D eigenvalue weighted by atomic mass is 10.2. The number of hydrogen-bond acceptors (Lipinski definition) is 1. The fourth-order valence-corrected chi connectivity index (χ4v) is 2.29. The Bertz CT molecular complexity index is 368. The van der Waals surface area contributed by atoms with Gasteiger partial charge in [0.1, 0.15) is 0 Å². The van der Waals surface area contributed by atoms with E-state index >= 15 is 0 Å². The monoisotopic (exact) mass is 395 g/mol. The Morgan fingerprint density at radius 2 is 2.19 bits per heavy atom. The third kappa shape index (κ3) is 4.41. The van der Waals surface area contributed by atoms with Crippen molar-refractivity contribution >= 4 is 44.4 Å². The van der Waals surface area contributed by atoms with Gasteiger partial charge in [-0.2, -0.15) is 0 Å². The zero-order valence-corrected chi connectivity index (χ0v) is 13.0. The maximum Gasteiger partial charge on any atom is 0.252 e. The van der Waals surface area contributed by atoms with Crippen molar-refractivity contribution in [3.63, 3.8) is 0 Å². The second kappa shape index (κ2) is 7.27. The molecule has 1 aromatic carbocycles. The highest BCUT2D eigenvalue weighted by Gasteiger charge is 2.09. The van der Waals surface area contributed by atoms with Crippen LogP contribution in [0.4, 0.5) is 0 Å². The van der Waals surface area contributed by atoms with E-state index in [1.807, 2.05) is 18.2 Å². The third-order valence-electron chi connectivity index (χ3n) is 2.24. The summed E-state index contributed by atoms with van der Waals surface area (Å²) < 4.78 is 1.92. The Balaban J connectivity index is 2.55. The molecule has 0 aromatic heterocycles. The molecule has 0 unspecified atom stereocenters. The molecule has 0 fully saturated rings. The molecule has 0 heterocycles. The van der Waals surface area contributed by atoms with E-state index in [4.69, 9.17) is 0 Å². The van der Waals surface area contributed by atoms with Gasteiger partial charge in [0.25, 0.3) is 5.91 Å². The highest BCUT2D eigenvalue weighted by Crippen LogP contribution is 2.18. The van der Waals surface area contributed by atoms with Crippen LogP contribution >= 0.6 is 38.5 Å². The van der Waals surface area contributed by atoms with Gasteiger partial charge in [-0.05, 0) is 47.2 Å². The summed E-state index contributed by atoms with van der Waals surface area (Å²) in [6.07, 6.45) is 3.38. The van der Waals surface area contributed by atoms with E-state index in [-0.39, 0.29) is 5.91 Å². The lowest BCUT2D eigenvalue weighted by Gasteiger charge is -2.07. The summed E-state index contributed by atoms with van der Waals surface area (Å²) in [5, 5.41) is 2.94. The third-order valence-corrected chi connectivity index (χ3v) is 3.67. The van der Waals surface area contributed by atoms with Gasteiger partial charge in [0.05, 0.1) is 5.56 Å². The van der Waals surface area contributed by atoms with E-state index in [0.29, 0.717) is 0 Å². The van der Waals surface area contributed by atoms with Crippen molar-refractivity contribution < 1.29 is 4.79 Å². The smallest absolute Gasteiger partial charge is 0.252 e. The van der Waals surface area contributed by atoms with Crippen LogP contribution in [0.15, 0.2) is 22.7 Å². The van der Waals surface area contributed by atoms with E-state index in [9.17, 15) is 4.79 Å². The normalized spacial score (nSPS) is 10.2. The number of unbranched alkanes of at least 4 members (excludes halogenated alkanes) is 2. The Morgan fingerprint density at radius 3 is 2.88 bits per heavy atom. The summed E-state index contributed by atoms with van der Waals surface area (Å²) in [5.74, 6) is 0.0156. The van der Waals surface area contributed by atoms with Crippen molar-refractivity contribution in [2.75, 3.05) is 6.54 Å². The first-order chi connectivity index (χ1) is 7.65. The number of carbonyl (C=O) groups excluding carboxylic acids is 1. The zero-order chi connectivity index (χ0) is 12.0. The summed E-state index contributed by atoms with van der Waals surface area (Å²) in [6.45, 7) is 2.91. The quantitative estimate of drug-likeness (QED) is 0.593. The van der Waals surface area contributed by atoms with Crippen LogP contribution in [0.5, 0.6) is 0 Å². The van der Waals surface area contributed by atoms with Crippen molar-refractivity contribution in [1.82, 2.24) is 5.32 Å². The molecule has 88 valence electrons. The second-order valence-electron chi connectivity index (χ2n) is 3.59. The number of amides is 1. The minimum absolute atomic E-state index is 0.0156. The minimum Gasteiger partial charge on any atom is -0.352 e. The first-order valence-electron chi connectivity index (χ1n) is 5.38. The number of benzene rings is 1. The molecular formula is C12H15BrINO. The van der Waals surface area contributed by atoms with Crippen LogP contribution in [0.1, 0.15) is 36.5 Å². The standard InChI is InChI=1S/C12H15BrINO/c1-2-3-4-7-15-12(16)10-8-9(13)5-6-11(10)14/h5-6,8H,2-4,7H2,1H3,(H,15,16). The molecule has 0 spiro atoms. The maximum absolute atomic E-state index is 11.8. The van der Waals surface area contributed by atoms with Crippen molar-refractivity contribution in [3.8, 4) is 0 Å². The molecule has 0 saturated heterocycles. The molecule has 1 rings (SSSR count). The lowest BCUT2D eigenvalue weighted by molar-refractivity contribution is 0.0952. The first-order valence-corrected chi connectivity index (χ1v) is 7.25. The van der Waals surface area contributed by atoms with Gasteiger partial charge in [-0.3, -0.25) is 4.79 Å². The van der Waals surface area contributed by atoms with Gasteiger partial charge in [-0.15, -0.1) is 0 Å². The van der Waals surface area contributed by atoms with Crippen molar-refractivity contribution in [2.24, 2.45) is 0 Å². The van der Waals surface area contributed by atoms with Crippen LogP contribution in [0.25, 0.3) is 0 Å². The molecule has 0 aliphatic carbocycles. The van der Waals surface area contributed by atoms with Crippen LogP contribution in [0.2, 0.25) is 0 Å². The molecule has 0 saturated carbocycles. The molecule has 1 amide bonds. The van der Waals surface area contributed by atoms with Crippen LogP contribution in [0, 0.1) is 3.57 Å². The Kier molecular flexibility index (Phi) is 6.34. The predicted octanol–water partition coefficient (Wildman–Crippen LogP) is 3.97. The summed E-state index contributed by atoms with van der Waals surface area (Å²) in [5.41, 5.74) is 0.742. The fraction of sp³-hybridized carbons (Fsp3) is 0.417. The highest BCUT2D eigenvalue weighted by atomic mass is 127. The van der Waals surface area contributed by atoms with Gasteiger partial charge in [0.2, 0.25) is 0 Å². The molecule has 16 heavy (non-hydrogen) atoms. The maximum atomic E-state index is 11.8. The van der Waals surface area contributed by atoms with Gasteiger partial charge in [0, 0.05) is 14.6 Å². The summed E-state index contributed by atoms with van der Waals surface area (Å²) >= 11 is 5.55. The average Bonchev–Trinajstić information content (AvgIpc) is 2.27. The van der Waals surface area contributed by atoms with E-state index in [1.54, 1.807) is 0 Å². The summed E-state index contributed by atoms with van der Waals surface area (Å²) in [7, 11) is 0. The number of hydrogen-bond donors (Lipinski definition) is 1. The molecule has 0 aliphatic rings. The van der Waals surface area contributed by atoms with Gasteiger partial charge < -0.3 is 5.32 Å². The zero-order valence-electron chi connectivity index (χ0n) is 9.22. The molecule has 4 heteroatoms. The molecule has 0 radical (unpaired) electrons. The lowest BCUT2D eigenvalue weighted by Crippen LogP contribution is -2.25. The number of carbonyl (C=O) groups is 1. The van der Waals surface area contributed by atoms with Gasteiger partial charge in [0.15, 0.2) is 0 Å². The molecule has 2 nitrogen and oxygen atoms in total. The Hall–Kier alpha value is -0.100. The SMILES string of the molecule is CCCCCNC(=O)c1cc(Br)ccc1I. The van der Waals surface area contributed by atoms with E-state index in [2.05, 4.69) is 50.8 Å². The Morgan fingerprint density at radius 1 is 1.44 bits per heavy atom. The number of rotatable bonds is 5. The summed E-state index contributed by atoms with van der Waals surface area (Å²) in [6, 6.07) is 5.73. The van der Waals surface area contributed by atoms with Crippen LogP contribution < -0.4 is 5.32 Å². The number of halogens is 2. The van der Waals surface area contributed by atoms with Crippen molar-refractivity contribution in [1.29, 1.82) is 0 Å². The van der Waals surface area contributed by atoms with Crippen LogP contribution in [0.3, 0.4) is 0 Å². The van der Waals surface area contributed by atoms with Crippen molar-refractivity contribution in [3.05, 3.63) is 31.8 Å². The fourth-order valence-electron chi connectivity index (χ4n) is 1.34. The van der Waals surface area contributed by atoms with Crippen molar-refractivity contribution in [2.45, 2.75) is 26.2 Å². The first kappa shape index (κ1) is 14.0. The summed E-state index contributed by atoms with van der Waals surface area (Å²) in [4.78, 5) is 11.8. The van der Waals surface area contributed by atoms with E-state index in [1.165, 1.54) is 6.42 Å². The van der Waals surface area contributed by atoms with Crippen LogP contribution in [-0.4, -0.2) is 12.5 Å². The highest BCUT2D eigenvalue weighted by molar-refractivity contribution is 14.1. The topological polar surface area (TPSA) is 29.1 Å². The average molecular weight is 396 g/mol. The minimum atomic E-state index is 0.0156. The van der Waals surface area contributed by atoms with Crippen LogP contribution in [-0.2, 0) is 0 Å². The molecule has 1 aromatic rings. The van der Waals surface area contributed by atoms with Gasteiger partial charge in [-0.25, -0.2) is 0 Å². The molecule has 1 N–H and O–H groups in total. The second-order valence-corrected chi connectivity index (χ2v) is 5.67. The molecule has 0 bridgehead atoms. The largest absolute Gasteiger partial charge is 0.352 e. The Labute approximate surface area is 118 Å². The number of nitrogens with one attached hydrogen (secondary N) is 1. The molecule has 0 atom stereocenters. The molecular weight excluding hydrogens is 381 g/mol. The van der Waals surface area contributed by atoms with E-state index in [0.717, 1.165) is 33.0 Å². The molecule has 0 aliphatic heterocycles. The predicted molar refractivity (Wildman–Crippen MR) is 78.7 cm³/mol. The van der Waals surface area contributed by atoms with Gasteiger partial charge in [-0.1, -0.05) is 35.7 Å². The van der Waals surface area contributed by atoms with Gasteiger partial charge >= 0.3 is 0 Å².